The van der Waals surface area contributed by atoms with Gasteiger partial charge in [0.2, 0.25) is 11.6 Å². The fourth-order valence-electron chi connectivity index (χ4n) is 10.8. The Morgan fingerprint density at radius 1 is 0.688 bits per heavy atom. The van der Waals surface area contributed by atoms with E-state index in [0.717, 1.165) is 6.07 Å². The molecular weight excluding hydrogens is 864 g/mol. The van der Waals surface area contributed by atoms with Crippen molar-refractivity contribution in [1.82, 2.24) is 9.80 Å². The number of primary amides is 2. The lowest BCUT2D eigenvalue weighted by atomic mass is 9.55. The van der Waals surface area contributed by atoms with E-state index in [1.807, 2.05) is 0 Å². The second kappa shape index (κ2) is 15.0. The number of aliphatic hydroxyl groups is 8. The predicted molar refractivity (Wildman–Crippen MR) is 219 cm³/mol. The van der Waals surface area contributed by atoms with Gasteiger partial charge in [0, 0.05) is 45.4 Å². The Balaban J connectivity index is 0.000000191. The standard InChI is InChI=1S/C22H24N2O8.C21H21ClN2O8/c1-21(31)8-5-4-6-11(25)12(8)16(26)13-9(21)7-10-15(24(2)3)17(27)14(20(23)30)19(29)22(10,32)18(13)28;1-24(2)14-7-5-6-10(16(27)12-9(25)4-3-8(22)11(12)15(6)26)18(29)21(7,32)19(30)13(17(14)28)20(23)31/h4-6,9-10,15,25,27-28,31-32H,7H2,1-3H3,(H2,23,30);3-4,6-7,14-15,25-26,28-29,32H,5H2,1-2H3,(H2,23,31)/t9-,10-,15-,21+,22-;6-,7-,14-,15-,21-/m00/s1. The zero-order chi connectivity index (χ0) is 47.8. The molecule has 0 saturated carbocycles. The van der Waals surface area contributed by atoms with E-state index in [1.54, 1.807) is 0 Å². The summed E-state index contributed by atoms with van der Waals surface area (Å²) in [4.78, 5) is 79.6. The molecule has 2 amide bonds. The summed E-state index contributed by atoms with van der Waals surface area (Å²) in [5.74, 6) is -16.1. The molecule has 6 aliphatic rings. The number of carbonyl (C=O) groups is 6. The van der Waals surface area contributed by atoms with E-state index in [4.69, 9.17) is 23.1 Å². The van der Waals surface area contributed by atoms with Crippen LogP contribution in [-0.2, 0) is 24.8 Å². The number of benzene rings is 2. The van der Waals surface area contributed by atoms with E-state index < -0.39 is 150 Å². The highest BCUT2D eigenvalue weighted by Gasteiger charge is 2.67. The zero-order valence-corrected chi connectivity index (χ0v) is 35.4. The van der Waals surface area contributed by atoms with Crippen LogP contribution in [0, 0.1) is 23.7 Å². The van der Waals surface area contributed by atoms with Gasteiger partial charge in [0.1, 0.15) is 45.7 Å². The monoisotopic (exact) mass is 908 g/mol. The molecule has 0 bridgehead atoms. The molecule has 64 heavy (non-hydrogen) atoms. The quantitative estimate of drug-likeness (QED) is 0.180. The van der Waals surface area contributed by atoms with E-state index in [9.17, 15) is 79.8 Å². The number of halogens is 1. The number of rotatable bonds is 4. The van der Waals surface area contributed by atoms with E-state index in [-0.39, 0.29) is 40.1 Å². The van der Waals surface area contributed by atoms with E-state index in [0.29, 0.717) is 0 Å². The predicted octanol–water partition coefficient (Wildman–Crippen LogP) is 0.0505. The zero-order valence-electron chi connectivity index (χ0n) is 34.7. The van der Waals surface area contributed by atoms with Crippen LogP contribution in [0.2, 0.25) is 5.02 Å². The number of nitrogens with zero attached hydrogens (tertiary/aromatic N) is 2. The number of hydrogen-bond acceptors (Lipinski definition) is 18. The van der Waals surface area contributed by atoms with E-state index in [2.05, 4.69) is 0 Å². The van der Waals surface area contributed by atoms with Crippen molar-refractivity contribution in [1.29, 1.82) is 0 Å². The number of aromatic hydroxyl groups is 2. The molecule has 2 aromatic carbocycles. The first-order chi connectivity index (χ1) is 29.6. The first-order valence-corrected chi connectivity index (χ1v) is 20.0. The molecule has 10 atom stereocenters. The molecule has 20 nitrogen and oxygen atoms in total. The Bertz CT molecular complexity index is 2670. The van der Waals surface area contributed by atoms with Gasteiger partial charge in [-0.05, 0) is 71.7 Å². The van der Waals surface area contributed by atoms with E-state index in [1.165, 1.54) is 69.2 Å². The molecule has 0 fully saturated rings. The molecule has 0 heterocycles. The number of phenols is 2. The summed E-state index contributed by atoms with van der Waals surface area (Å²) < 4.78 is 0. The second-order valence-electron chi connectivity index (χ2n) is 17.4. The average Bonchev–Trinajstić information content (AvgIpc) is 3.19. The average molecular weight is 909 g/mol. The van der Waals surface area contributed by atoms with Crippen molar-refractivity contribution in [2.75, 3.05) is 28.2 Å². The SMILES string of the molecule is CN(C)[C@@H]1C(O)=C(C(N)=O)C(=O)[C@@]2(O)C(O)=C3C(=O)c4c(O)ccc(Cl)c4[C@@H](O)[C@H]3C[C@@H]12.CN(C)[C@@H]1C(O)=C(C(N)=O)C(=O)[C@@]2(O)C(O)=C3C(=O)c4c(O)cccc4[C@@](C)(O)[C@H]3C[C@@H]12. The maximum atomic E-state index is 13.3. The van der Waals surface area contributed by atoms with Crippen molar-refractivity contribution >= 4 is 46.5 Å². The molecule has 14 N–H and O–H groups in total. The maximum Gasteiger partial charge on any atom is 0.255 e. The van der Waals surface area contributed by atoms with Gasteiger partial charge in [-0.25, -0.2) is 0 Å². The maximum absolute atomic E-state index is 13.3. The van der Waals surface area contributed by atoms with Crippen LogP contribution in [0.25, 0.3) is 0 Å². The Hall–Kier alpha value is -6.13. The van der Waals surface area contributed by atoms with E-state index >= 15 is 0 Å². The topological polar surface area (TPSA) is 363 Å². The summed E-state index contributed by atoms with van der Waals surface area (Å²) in [6.07, 6.45) is -1.90. The number of fused-ring (bicyclic) bond motifs is 6. The molecule has 6 aliphatic carbocycles. The third-order valence-electron chi connectivity index (χ3n) is 13.7. The van der Waals surface area contributed by atoms with Crippen molar-refractivity contribution < 1.29 is 79.8 Å². The van der Waals surface area contributed by atoms with Gasteiger partial charge in [0.25, 0.3) is 11.8 Å². The summed E-state index contributed by atoms with van der Waals surface area (Å²) >= 11 is 6.17. The van der Waals surface area contributed by atoms with Gasteiger partial charge < -0.3 is 62.5 Å². The molecular formula is C43H45ClN4O16. The third kappa shape index (κ3) is 5.90. The minimum Gasteiger partial charge on any atom is -0.510 e. The lowest BCUT2D eigenvalue weighted by molar-refractivity contribution is -0.152. The highest BCUT2D eigenvalue weighted by atomic mass is 35.5. The van der Waals surface area contributed by atoms with Crippen molar-refractivity contribution in [2.24, 2.45) is 35.1 Å². The summed E-state index contributed by atoms with van der Waals surface area (Å²) in [6.45, 7) is 1.40. The first-order valence-electron chi connectivity index (χ1n) is 19.7. The van der Waals surface area contributed by atoms with Gasteiger partial charge in [-0.2, -0.15) is 0 Å². The van der Waals surface area contributed by atoms with Crippen LogP contribution in [0.4, 0.5) is 0 Å². The summed E-state index contributed by atoms with van der Waals surface area (Å²) in [7, 11) is 6.09. The highest BCUT2D eigenvalue weighted by Crippen LogP contribution is 2.58. The van der Waals surface area contributed by atoms with Gasteiger partial charge in [0.15, 0.2) is 22.8 Å². The Kier molecular flexibility index (Phi) is 10.7. The van der Waals surface area contributed by atoms with Crippen LogP contribution in [0.3, 0.4) is 0 Å². The van der Waals surface area contributed by atoms with Gasteiger partial charge in [0.05, 0.1) is 34.9 Å². The molecule has 8 rings (SSSR count). The normalized spacial score (nSPS) is 33.2. The molecule has 2 aromatic rings. The van der Waals surface area contributed by atoms with Crippen LogP contribution in [0.5, 0.6) is 11.5 Å². The smallest absolute Gasteiger partial charge is 0.255 e. The van der Waals surface area contributed by atoms with Crippen molar-refractivity contribution in [2.45, 2.75) is 54.8 Å². The molecule has 0 spiro atoms. The molecule has 0 saturated heterocycles. The lowest BCUT2D eigenvalue weighted by Gasteiger charge is -2.52. The first kappa shape index (κ1) is 45.9. The van der Waals surface area contributed by atoms with Gasteiger partial charge in [-0.1, -0.05) is 23.7 Å². The Morgan fingerprint density at radius 3 is 1.62 bits per heavy atom. The number of nitrogens with two attached hydrogens (primary N) is 2. The molecule has 0 unspecified atom stereocenters. The number of phenolic OH excluding ortho intramolecular Hbond substituents is 2. The van der Waals surface area contributed by atoms with Crippen LogP contribution >= 0.6 is 11.6 Å². The highest BCUT2D eigenvalue weighted by molar-refractivity contribution is 6.33. The Morgan fingerprint density at radius 2 is 1.14 bits per heavy atom. The fraction of sp³-hybridized carbons (Fsp3) is 0.395. The van der Waals surface area contributed by atoms with Crippen molar-refractivity contribution in [3.63, 3.8) is 0 Å². The minimum atomic E-state index is -2.77. The summed E-state index contributed by atoms with van der Waals surface area (Å²) in [5, 5.41) is 109. The number of aliphatic hydroxyl groups excluding tert-OH is 5. The summed E-state index contributed by atoms with van der Waals surface area (Å²) in [5.41, 5.74) is 0.0850. The number of Topliss-reactive ketones (excluding diaryl/α,β-unsaturated/α-hetero) is 4. The van der Waals surface area contributed by atoms with Crippen molar-refractivity contribution in [3.05, 3.63) is 103 Å². The van der Waals surface area contributed by atoms with Crippen LogP contribution in [0.15, 0.2) is 75.7 Å². The van der Waals surface area contributed by atoms with Gasteiger partial charge in [-0.3, -0.25) is 38.6 Å². The molecule has 0 radical (unpaired) electrons. The van der Waals surface area contributed by atoms with Gasteiger partial charge in [-0.15, -0.1) is 0 Å². The largest absolute Gasteiger partial charge is 0.510 e. The summed E-state index contributed by atoms with van der Waals surface area (Å²) in [6, 6.07) is 4.35. The lowest BCUT2D eigenvalue weighted by Crippen LogP contribution is -2.65. The molecule has 21 heteroatoms. The minimum absolute atomic E-state index is 0.0145. The number of likely N-dealkylation sites (N-methyl/N-ethyl adjacent to an activating group) is 2. The fourth-order valence-corrected chi connectivity index (χ4v) is 11.0. The number of carbonyl (C=O) groups excluding carboxylic acids is 6. The molecule has 0 aromatic heterocycles. The molecule has 340 valence electrons. The number of ketones is 4. The van der Waals surface area contributed by atoms with Crippen LogP contribution in [-0.4, -0.2) is 147 Å². The Labute approximate surface area is 367 Å². The number of amides is 2. The van der Waals surface area contributed by atoms with Gasteiger partial charge >= 0.3 is 0 Å². The van der Waals surface area contributed by atoms with Crippen molar-refractivity contribution in [3.8, 4) is 11.5 Å². The van der Waals surface area contributed by atoms with Crippen LogP contribution in [0.1, 0.15) is 57.7 Å². The molecule has 0 aliphatic heterocycles. The third-order valence-corrected chi connectivity index (χ3v) is 14.0. The second-order valence-corrected chi connectivity index (χ2v) is 17.8. The van der Waals surface area contributed by atoms with Crippen LogP contribution < -0.4 is 11.5 Å². The number of hydrogen-bond donors (Lipinski definition) is 12.